The summed E-state index contributed by atoms with van der Waals surface area (Å²) in [6.07, 6.45) is 0. The summed E-state index contributed by atoms with van der Waals surface area (Å²) in [7, 11) is 0. The molecule has 0 spiro atoms. The van der Waals surface area contributed by atoms with Gasteiger partial charge in [0, 0.05) is 34.7 Å². The standard InChI is InChI=1S/C10H9IN2O3/c1-2-15-8-5-3-7(4-6-8)13-9(11)10(14)16-12-13/h3-6H,2H2,1H3. The molecule has 84 valence electrons. The van der Waals surface area contributed by atoms with Crippen molar-refractivity contribution in [2.75, 3.05) is 6.61 Å². The summed E-state index contributed by atoms with van der Waals surface area (Å²) < 4.78 is 11.7. The molecule has 16 heavy (non-hydrogen) atoms. The number of hydrogen-bond donors (Lipinski definition) is 0. The predicted octanol–water partition coefficient (Wildman–Crippen LogP) is 1.03. The van der Waals surface area contributed by atoms with Gasteiger partial charge in [-0.3, -0.25) is 0 Å². The molecule has 0 atom stereocenters. The van der Waals surface area contributed by atoms with Gasteiger partial charge in [-0.05, 0) is 23.7 Å². The molecule has 6 heteroatoms. The topological polar surface area (TPSA) is 62.2 Å². The fourth-order valence-corrected chi connectivity index (χ4v) is 1.71. The van der Waals surface area contributed by atoms with Crippen molar-refractivity contribution in [3.8, 4) is 17.4 Å². The van der Waals surface area contributed by atoms with Crippen LogP contribution in [0.5, 0.6) is 11.7 Å². The van der Waals surface area contributed by atoms with Crippen LogP contribution < -0.4 is 14.5 Å². The van der Waals surface area contributed by atoms with Crippen molar-refractivity contribution in [2.24, 2.45) is 0 Å². The first-order chi connectivity index (χ1) is 7.72. The van der Waals surface area contributed by atoms with E-state index in [1.807, 2.05) is 53.8 Å². The maximum absolute atomic E-state index is 11.1. The summed E-state index contributed by atoms with van der Waals surface area (Å²) in [6, 6.07) is 7.27. The zero-order valence-electron chi connectivity index (χ0n) is 8.51. The van der Waals surface area contributed by atoms with Crippen molar-refractivity contribution in [3.05, 3.63) is 28.0 Å². The Kier molecular flexibility index (Phi) is 3.28. The van der Waals surface area contributed by atoms with Gasteiger partial charge in [0.2, 0.25) is 5.69 Å². The lowest BCUT2D eigenvalue weighted by Gasteiger charge is -2.00. The Balaban J connectivity index is 2.31. The SMILES string of the molecule is CCOc1ccc(-[n+]2noc([O-])c2I)cc1. The smallest absolute Gasteiger partial charge is 0.298 e. The Morgan fingerprint density at radius 2 is 2.12 bits per heavy atom. The average Bonchev–Trinajstić information content (AvgIpc) is 2.62. The van der Waals surface area contributed by atoms with Crippen molar-refractivity contribution in [2.45, 2.75) is 6.92 Å². The fourth-order valence-electron chi connectivity index (χ4n) is 1.25. The monoisotopic (exact) mass is 332 g/mol. The molecule has 1 aromatic carbocycles. The molecule has 5 nitrogen and oxygen atoms in total. The van der Waals surface area contributed by atoms with Crippen LogP contribution in [0.25, 0.3) is 5.69 Å². The number of ether oxygens (including phenoxy) is 1. The second-order valence-electron chi connectivity index (χ2n) is 2.99. The normalized spacial score (nSPS) is 10.4. The van der Waals surface area contributed by atoms with E-state index < -0.39 is 5.95 Å². The summed E-state index contributed by atoms with van der Waals surface area (Å²) in [5.41, 5.74) is 0.763. The van der Waals surface area contributed by atoms with Gasteiger partial charge < -0.3 is 14.4 Å². The van der Waals surface area contributed by atoms with Crippen LogP contribution in [0.15, 0.2) is 28.8 Å². The van der Waals surface area contributed by atoms with Crippen LogP contribution in [0.4, 0.5) is 0 Å². The summed E-state index contributed by atoms with van der Waals surface area (Å²) in [5.74, 6) is 0.349. The van der Waals surface area contributed by atoms with Crippen LogP contribution in [0, 0.1) is 3.70 Å². The minimum Gasteiger partial charge on any atom is -0.538 e. The second kappa shape index (κ2) is 4.69. The molecule has 0 unspecified atom stereocenters. The zero-order chi connectivity index (χ0) is 11.5. The summed E-state index contributed by atoms with van der Waals surface area (Å²) in [6.45, 7) is 2.55. The quantitative estimate of drug-likeness (QED) is 0.622. The molecule has 0 aliphatic carbocycles. The van der Waals surface area contributed by atoms with Crippen molar-refractivity contribution in [3.63, 3.8) is 0 Å². The highest BCUT2D eigenvalue weighted by atomic mass is 127. The van der Waals surface area contributed by atoms with Crippen molar-refractivity contribution in [1.82, 2.24) is 5.27 Å². The largest absolute Gasteiger partial charge is 0.538 e. The first-order valence-corrected chi connectivity index (χ1v) is 5.78. The van der Waals surface area contributed by atoms with E-state index in [-0.39, 0.29) is 0 Å². The van der Waals surface area contributed by atoms with Gasteiger partial charge in [-0.1, -0.05) is 0 Å². The van der Waals surface area contributed by atoms with Crippen LogP contribution in [-0.2, 0) is 0 Å². The van der Waals surface area contributed by atoms with E-state index in [1.165, 1.54) is 4.68 Å². The van der Waals surface area contributed by atoms with Gasteiger partial charge in [0.1, 0.15) is 5.75 Å². The maximum Gasteiger partial charge on any atom is 0.298 e. The summed E-state index contributed by atoms with van der Waals surface area (Å²) in [4.78, 5) is 0. The lowest BCUT2D eigenvalue weighted by atomic mass is 10.3. The molecule has 0 saturated heterocycles. The molecule has 0 aliphatic rings. The molecule has 0 bridgehead atoms. The molecular weight excluding hydrogens is 323 g/mol. The molecule has 1 heterocycles. The van der Waals surface area contributed by atoms with Gasteiger partial charge >= 0.3 is 0 Å². The van der Waals surface area contributed by atoms with E-state index >= 15 is 0 Å². The number of rotatable bonds is 3. The van der Waals surface area contributed by atoms with Gasteiger partial charge in [-0.25, -0.2) is 0 Å². The van der Waals surface area contributed by atoms with Crippen LogP contribution in [0.2, 0.25) is 0 Å². The van der Waals surface area contributed by atoms with Gasteiger partial charge in [0.05, 0.1) is 11.9 Å². The molecular formula is C10H9IN2O3. The Labute approximate surface area is 106 Å². The van der Waals surface area contributed by atoms with Crippen molar-refractivity contribution < 1.29 is 19.0 Å². The Bertz CT molecular complexity index is 481. The molecule has 1 aromatic heterocycles. The molecule has 0 amide bonds. The van der Waals surface area contributed by atoms with Crippen molar-refractivity contribution in [1.29, 1.82) is 0 Å². The first kappa shape index (κ1) is 11.2. The lowest BCUT2D eigenvalue weighted by molar-refractivity contribution is -0.682. The van der Waals surface area contributed by atoms with E-state index in [2.05, 4.69) is 9.79 Å². The maximum atomic E-state index is 11.1. The number of halogens is 1. The zero-order valence-corrected chi connectivity index (χ0v) is 10.7. The van der Waals surface area contributed by atoms with E-state index in [0.29, 0.717) is 10.3 Å². The second-order valence-corrected chi connectivity index (χ2v) is 4.01. The van der Waals surface area contributed by atoms with E-state index in [9.17, 15) is 5.11 Å². The van der Waals surface area contributed by atoms with Crippen LogP contribution in [0.1, 0.15) is 6.92 Å². The molecule has 0 N–H and O–H groups in total. The third-order valence-electron chi connectivity index (χ3n) is 1.95. The minimum atomic E-state index is -0.436. The van der Waals surface area contributed by atoms with Crippen LogP contribution in [-0.4, -0.2) is 11.9 Å². The third kappa shape index (κ3) is 2.11. The minimum absolute atomic E-state index is 0.418. The molecule has 0 saturated carbocycles. The molecule has 0 fully saturated rings. The molecule has 2 rings (SSSR count). The highest BCUT2D eigenvalue weighted by Crippen LogP contribution is 2.15. The van der Waals surface area contributed by atoms with Gasteiger partial charge in [-0.15, -0.1) is 0 Å². The molecule has 0 aliphatic heterocycles. The predicted molar refractivity (Wildman–Crippen MR) is 61.4 cm³/mol. The lowest BCUT2D eigenvalue weighted by Crippen LogP contribution is -2.35. The molecule has 0 radical (unpaired) electrons. The molecule has 2 aromatic rings. The third-order valence-corrected chi connectivity index (χ3v) is 2.85. The van der Waals surface area contributed by atoms with Crippen molar-refractivity contribution >= 4 is 22.6 Å². The average molecular weight is 332 g/mol. The summed E-state index contributed by atoms with van der Waals surface area (Å²) >= 11 is 1.89. The van der Waals surface area contributed by atoms with Gasteiger partial charge in [0.15, 0.2) is 5.95 Å². The number of benzene rings is 1. The van der Waals surface area contributed by atoms with Gasteiger partial charge in [-0.2, -0.15) is 0 Å². The number of nitrogens with zero attached hydrogens (tertiary/aromatic N) is 2. The van der Waals surface area contributed by atoms with Crippen LogP contribution in [0.3, 0.4) is 0 Å². The van der Waals surface area contributed by atoms with E-state index in [4.69, 9.17) is 4.74 Å². The first-order valence-electron chi connectivity index (χ1n) is 4.70. The van der Waals surface area contributed by atoms with Gasteiger partial charge in [0.25, 0.3) is 3.70 Å². The Hall–Kier alpha value is -1.31. The number of hydrogen-bond acceptors (Lipinski definition) is 4. The van der Waals surface area contributed by atoms with E-state index in [1.54, 1.807) is 0 Å². The number of aromatic nitrogens is 2. The Morgan fingerprint density at radius 3 is 2.62 bits per heavy atom. The van der Waals surface area contributed by atoms with Crippen LogP contribution >= 0.6 is 22.6 Å². The highest BCUT2D eigenvalue weighted by molar-refractivity contribution is 14.1. The van der Waals surface area contributed by atoms with E-state index in [0.717, 1.165) is 11.4 Å². The summed E-state index contributed by atoms with van der Waals surface area (Å²) in [5, 5.41) is 14.7. The highest BCUT2D eigenvalue weighted by Gasteiger charge is 2.16. The fraction of sp³-hybridized carbons (Fsp3) is 0.200. The Morgan fingerprint density at radius 1 is 1.44 bits per heavy atom.